The molecule has 0 aliphatic carbocycles. The molecule has 96 valence electrons. The third-order valence-electron chi connectivity index (χ3n) is 2.49. The number of nitrogens with one attached hydrogen (secondary N) is 1. The maximum absolute atomic E-state index is 12.1. The van der Waals surface area contributed by atoms with Gasteiger partial charge in [0.05, 0.1) is 18.3 Å². The van der Waals surface area contributed by atoms with Gasteiger partial charge >= 0.3 is 0 Å². The van der Waals surface area contributed by atoms with Crippen LogP contribution in [-0.4, -0.2) is 43.9 Å². The van der Waals surface area contributed by atoms with E-state index in [9.17, 15) is 4.79 Å². The predicted molar refractivity (Wildman–Crippen MR) is 65.7 cm³/mol. The van der Waals surface area contributed by atoms with E-state index < -0.39 is 0 Å². The van der Waals surface area contributed by atoms with Gasteiger partial charge in [-0.2, -0.15) is 4.68 Å². The summed E-state index contributed by atoms with van der Waals surface area (Å²) in [4.78, 5) is 12.6. The van der Waals surface area contributed by atoms with Gasteiger partial charge in [0.15, 0.2) is 0 Å². The molecule has 0 unspecified atom stereocenters. The van der Waals surface area contributed by atoms with Gasteiger partial charge < -0.3 is 10.4 Å². The number of aliphatic hydroxyl groups is 1. The Kier molecular flexibility index (Phi) is 4.00. The molecule has 0 aromatic carbocycles. The molecule has 0 saturated carbocycles. The quantitative estimate of drug-likeness (QED) is 0.808. The number of aliphatic hydroxyl groups excluding tert-OH is 1. The molecule has 0 radical (unpaired) electrons. The van der Waals surface area contributed by atoms with Crippen LogP contribution in [0.2, 0.25) is 0 Å². The van der Waals surface area contributed by atoms with Crippen molar-refractivity contribution < 1.29 is 9.90 Å². The molecule has 2 aromatic rings. The molecule has 1 atom stereocenters. The summed E-state index contributed by atoms with van der Waals surface area (Å²) in [5, 5.41) is 24.5. The maximum atomic E-state index is 12.1. The summed E-state index contributed by atoms with van der Waals surface area (Å²) < 4.78 is 1.44. The van der Waals surface area contributed by atoms with Crippen LogP contribution in [0.25, 0.3) is 5.69 Å². The summed E-state index contributed by atoms with van der Waals surface area (Å²) in [5.74, 6) is -0.226. The highest BCUT2D eigenvalue weighted by Crippen LogP contribution is 2.19. The maximum Gasteiger partial charge on any atom is 0.263 e. The zero-order valence-corrected chi connectivity index (χ0v) is 10.6. The van der Waals surface area contributed by atoms with Gasteiger partial charge in [-0.1, -0.05) is 6.92 Å². The molecule has 2 heterocycles. The van der Waals surface area contributed by atoms with Crippen molar-refractivity contribution in [2.75, 3.05) is 6.61 Å². The first-order valence-electron chi connectivity index (χ1n) is 5.48. The van der Waals surface area contributed by atoms with Gasteiger partial charge in [-0.3, -0.25) is 4.79 Å². The lowest BCUT2D eigenvalue weighted by molar-refractivity contribution is 0.0919. The number of tetrazole rings is 1. The normalized spacial score (nSPS) is 12.3. The van der Waals surface area contributed by atoms with E-state index in [2.05, 4.69) is 20.8 Å². The Bertz CT molecular complexity index is 506. The van der Waals surface area contributed by atoms with Crippen molar-refractivity contribution in [2.24, 2.45) is 0 Å². The summed E-state index contributed by atoms with van der Waals surface area (Å²) in [7, 11) is 0. The van der Waals surface area contributed by atoms with Crippen LogP contribution in [0.3, 0.4) is 0 Å². The monoisotopic (exact) mass is 267 g/mol. The van der Waals surface area contributed by atoms with E-state index in [0.717, 1.165) is 0 Å². The average Bonchev–Trinajstić information content (AvgIpc) is 3.04. The van der Waals surface area contributed by atoms with Crippen molar-refractivity contribution in [3.05, 3.63) is 22.7 Å². The second-order valence-corrected chi connectivity index (χ2v) is 4.57. The lowest BCUT2D eigenvalue weighted by atomic mass is 10.2. The Balaban J connectivity index is 2.19. The fraction of sp³-hybridized carbons (Fsp3) is 0.400. The van der Waals surface area contributed by atoms with Crippen LogP contribution in [0.4, 0.5) is 0 Å². The fourth-order valence-electron chi connectivity index (χ4n) is 1.45. The van der Waals surface area contributed by atoms with Crippen molar-refractivity contribution >= 4 is 17.2 Å². The summed E-state index contributed by atoms with van der Waals surface area (Å²) in [6.45, 7) is 1.83. The van der Waals surface area contributed by atoms with E-state index in [-0.39, 0.29) is 18.6 Å². The first-order valence-corrected chi connectivity index (χ1v) is 6.36. The van der Waals surface area contributed by atoms with Gasteiger partial charge in [-0.15, -0.1) is 16.4 Å². The largest absolute Gasteiger partial charge is 0.394 e. The molecule has 8 heteroatoms. The summed E-state index contributed by atoms with van der Waals surface area (Å²) in [6.07, 6.45) is 2.11. The average molecular weight is 267 g/mol. The zero-order chi connectivity index (χ0) is 13.0. The molecule has 0 aliphatic rings. The van der Waals surface area contributed by atoms with Crippen molar-refractivity contribution in [2.45, 2.75) is 19.4 Å². The minimum absolute atomic E-state index is 0.0756. The predicted octanol–water partition coefficient (Wildman–Crippen LogP) is 0.225. The molecule has 2 N–H and O–H groups in total. The molecule has 0 spiro atoms. The Morgan fingerprint density at radius 3 is 3.11 bits per heavy atom. The van der Waals surface area contributed by atoms with E-state index in [4.69, 9.17) is 5.11 Å². The molecule has 0 aliphatic heterocycles. The Labute approximate surface area is 107 Å². The zero-order valence-electron chi connectivity index (χ0n) is 9.78. The molecule has 2 rings (SSSR count). The lowest BCUT2D eigenvalue weighted by Gasteiger charge is -2.13. The van der Waals surface area contributed by atoms with Gasteiger partial charge in [0.25, 0.3) is 5.91 Å². The van der Waals surface area contributed by atoms with E-state index >= 15 is 0 Å². The third kappa shape index (κ3) is 2.54. The van der Waals surface area contributed by atoms with Crippen LogP contribution >= 0.6 is 11.3 Å². The van der Waals surface area contributed by atoms with E-state index in [1.165, 1.54) is 22.3 Å². The molecule has 7 nitrogen and oxygen atoms in total. The minimum Gasteiger partial charge on any atom is -0.394 e. The van der Waals surface area contributed by atoms with Crippen molar-refractivity contribution in [1.29, 1.82) is 0 Å². The van der Waals surface area contributed by atoms with Gasteiger partial charge in [0.2, 0.25) is 0 Å². The third-order valence-corrected chi connectivity index (χ3v) is 3.40. The van der Waals surface area contributed by atoms with E-state index in [0.29, 0.717) is 17.0 Å². The van der Waals surface area contributed by atoms with Gasteiger partial charge in [-0.05, 0) is 28.3 Å². The van der Waals surface area contributed by atoms with Crippen molar-refractivity contribution in [3.8, 4) is 5.69 Å². The highest BCUT2D eigenvalue weighted by molar-refractivity contribution is 7.12. The molecule has 0 saturated heterocycles. The van der Waals surface area contributed by atoms with E-state index in [1.807, 2.05) is 6.92 Å². The lowest BCUT2D eigenvalue weighted by Crippen LogP contribution is -2.36. The number of aromatic nitrogens is 4. The summed E-state index contributed by atoms with van der Waals surface area (Å²) in [6, 6.07) is 1.54. The second kappa shape index (κ2) is 5.69. The number of thiophene rings is 1. The molecular weight excluding hydrogens is 254 g/mol. The molecular formula is C10H13N5O2S. The van der Waals surface area contributed by atoms with Crippen LogP contribution in [0.5, 0.6) is 0 Å². The van der Waals surface area contributed by atoms with Crippen LogP contribution in [0, 0.1) is 0 Å². The first kappa shape index (κ1) is 12.7. The summed E-state index contributed by atoms with van der Waals surface area (Å²) >= 11 is 1.31. The molecule has 0 fully saturated rings. The Morgan fingerprint density at radius 1 is 1.67 bits per heavy atom. The molecule has 2 aromatic heterocycles. The second-order valence-electron chi connectivity index (χ2n) is 3.65. The number of rotatable bonds is 5. The smallest absolute Gasteiger partial charge is 0.263 e. The van der Waals surface area contributed by atoms with Crippen LogP contribution < -0.4 is 5.32 Å². The van der Waals surface area contributed by atoms with E-state index in [1.54, 1.807) is 11.4 Å². The molecule has 18 heavy (non-hydrogen) atoms. The SMILES string of the molecule is CC[C@H](CO)NC(=O)c1sccc1-n1cnnn1. The highest BCUT2D eigenvalue weighted by Gasteiger charge is 2.17. The number of amides is 1. The molecule has 1 amide bonds. The number of carbonyl (C=O) groups excluding carboxylic acids is 1. The Hall–Kier alpha value is -1.80. The first-order chi connectivity index (χ1) is 8.76. The van der Waals surface area contributed by atoms with Gasteiger partial charge in [-0.25, -0.2) is 0 Å². The van der Waals surface area contributed by atoms with Crippen molar-refractivity contribution in [1.82, 2.24) is 25.5 Å². The highest BCUT2D eigenvalue weighted by atomic mass is 32.1. The summed E-state index contributed by atoms with van der Waals surface area (Å²) in [5.41, 5.74) is 0.635. The van der Waals surface area contributed by atoms with Gasteiger partial charge in [0.1, 0.15) is 11.2 Å². The topological polar surface area (TPSA) is 92.9 Å². The van der Waals surface area contributed by atoms with Gasteiger partial charge in [0, 0.05) is 0 Å². The number of hydrogen-bond acceptors (Lipinski definition) is 6. The minimum atomic E-state index is -0.235. The fourth-order valence-corrected chi connectivity index (χ4v) is 2.23. The number of carbonyl (C=O) groups is 1. The van der Waals surface area contributed by atoms with Crippen molar-refractivity contribution in [3.63, 3.8) is 0 Å². The van der Waals surface area contributed by atoms with Crippen LogP contribution in [-0.2, 0) is 0 Å². The molecule has 0 bridgehead atoms. The number of hydrogen-bond donors (Lipinski definition) is 2. The number of nitrogens with zero attached hydrogens (tertiary/aromatic N) is 4. The van der Waals surface area contributed by atoms with Crippen LogP contribution in [0.1, 0.15) is 23.0 Å². The standard InChI is InChI=1S/C10H13N5O2S/c1-2-7(5-16)12-10(17)9-8(3-4-18-9)15-6-11-13-14-15/h3-4,6-7,16H,2,5H2,1H3,(H,12,17)/t7-/m1/s1. The van der Waals surface area contributed by atoms with Crippen LogP contribution in [0.15, 0.2) is 17.8 Å². The Morgan fingerprint density at radius 2 is 2.50 bits per heavy atom.